The Morgan fingerprint density at radius 3 is 2.08 bits per heavy atom. The summed E-state index contributed by atoms with van der Waals surface area (Å²) in [6.07, 6.45) is 18.9. The van der Waals surface area contributed by atoms with E-state index in [1.807, 2.05) is 31.5 Å². The molecule has 2 aromatic carbocycles. The predicted molar refractivity (Wildman–Crippen MR) is 153 cm³/mol. The van der Waals surface area contributed by atoms with Crippen molar-refractivity contribution in [2.45, 2.75) is 90.4 Å². The van der Waals surface area contributed by atoms with Crippen molar-refractivity contribution in [3.8, 4) is 22.9 Å². The number of carbonyl (C=O) groups excluding carboxylic acids is 1. The summed E-state index contributed by atoms with van der Waals surface area (Å²) >= 11 is 0. The Bertz CT molecular complexity index is 1100. The molecule has 0 N–H and O–H groups in total. The minimum Gasteiger partial charge on any atom is -0.494 e. The Morgan fingerprint density at radius 1 is 0.789 bits per heavy atom. The summed E-state index contributed by atoms with van der Waals surface area (Å²) < 4.78 is 10.9. The zero-order valence-electron chi connectivity index (χ0n) is 23.0. The van der Waals surface area contributed by atoms with Crippen molar-refractivity contribution in [3.05, 3.63) is 72.1 Å². The van der Waals surface area contributed by atoms with Gasteiger partial charge in [-0.1, -0.05) is 51.9 Å². The van der Waals surface area contributed by atoms with Crippen LogP contribution in [0.1, 0.15) is 106 Å². The Balaban J connectivity index is 1.23. The number of unbranched alkanes of at least 4 members (excludes halogenated alkanes) is 5. The molecule has 5 heteroatoms. The van der Waals surface area contributed by atoms with Crippen LogP contribution in [0, 0.1) is 5.92 Å². The van der Waals surface area contributed by atoms with Crippen LogP contribution >= 0.6 is 0 Å². The molecule has 0 spiro atoms. The van der Waals surface area contributed by atoms with Gasteiger partial charge in [0, 0.05) is 18.0 Å². The number of rotatable bonds is 13. The lowest BCUT2D eigenvalue weighted by atomic mass is 9.77. The van der Waals surface area contributed by atoms with Gasteiger partial charge in [-0.25, -0.2) is 14.8 Å². The summed E-state index contributed by atoms with van der Waals surface area (Å²) in [5.41, 5.74) is 2.64. The molecule has 0 unspecified atom stereocenters. The van der Waals surface area contributed by atoms with Crippen LogP contribution in [-0.4, -0.2) is 22.5 Å². The summed E-state index contributed by atoms with van der Waals surface area (Å²) in [5.74, 6) is 2.99. The van der Waals surface area contributed by atoms with Crippen LogP contribution in [0.5, 0.6) is 11.5 Å². The second kappa shape index (κ2) is 14.7. The van der Waals surface area contributed by atoms with Gasteiger partial charge in [-0.2, -0.15) is 0 Å². The third kappa shape index (κ3) is 8.14. The third-order valence-corrected chi connectivity index (χ3v) is 7.68. The largest absolute Gasteiger partial charge is 0.494 e. The van der Waals surface area contributed by atoms with Crippen LogP contribution in [0.15, 0.2) is 60.9 Å². The molecule has 0 aliphatic heterocycles. The van der Waals surface area contributed by atoms with Crippen LogP contribution < -0.4 is 9.47 Å². The van der Waals surface area contributed by atoms with Gasteiger partial charge >= 0.3 is 5.97 Å². The molecule has 202 valence electrons. The molecule has 0 radical (unpaired) electrons. The summed E-state index contributed by atoms with van der Waals surface area (Å²) in [4.78, 5) is 21.8. The first-order valence-electron chi connectivity index (χ1n) is 14.5. The van der Waals surface area contributed by atoms with E-state index in [0.717, 1.165) is 17.2 Å². The first-order valence-corrected chi connectivity index (χ1v) is 14.5. The van der Waals surface area contributed by atoms with E-state index in [2.05, 4.69) is 16.9 Å². The second-order valence-corrected chi connectivity index (χ2v) is 10.5. The molecule has 0 amide bonds. The molecule has 0 bridgehead atoms. The van der Waals surface area contributed by atoms with E-state index in [1.165, 1.54) is 76.2 Å². The monoisotopic (exact) mass is 514 g/mol. The predicted octanol–water partition coefficient (Wildman–Crippen LogP) is 8.79. The Hall–Kier alpha value is -3.21. The maximum absolute atomic E-state index is 12.5. The number of esters is 1. The lowest BCUT2D eigenvalue weighted by Gasteiger charge is -2.28. The minimum atomic E-state index is -0.400. The SMILES string of the molecule is CCCCCCCC[C@H]1CC[C@H](c2cnc(-c3ccc(OC(=O)c4ccc(OCC)cc4)cc3)nc2)CC1. The highest BCUT2D eigenvalue weighted by Crippen LogP contribution is 2.37. The van der Waals surface area contributed by atoms with Gasteiger partial charge in [0.2, 0.25) is 0 Å². The Morgan fingerprint density at radius 2 is 1.42 bits per heavy atom. The molecule has 0 atom stereocenters. The zero-order valence-corrected chi connectivity index (χ0v) is 23.0. The van der Waals surface area contributed by atoms with E-state index in [1.54, 1.807) is 36.4 Å². The number of hydrogen-bond acceptors (Lipinski definition) is 5. The smallest absolute Gasteiger partial charge is 0.343 e. The first kappa shape index (κ1) is 27.8. The fourth-order valence-corrected chi connectivity index (χ4v) is 5.39. The maximum Gasteiger partial charge on any atom is 0.343 e. The molecule has 1 aliphatic carbocycles. The summed E-state index contributed by atoms with van der Waals surface area (Å²) in [5, 5.41) is 0. The van der Waals surface area contributed by atoms with Crippen molar-refractivity contribution in [2.75, 3.05) is 6.61 Å². The van der Waals surface area contributed by atoms with Crippen LogP contribution in [0.2, 0.25) is 0 Å². The highest BCUT2D eigenvalue weighted by molar-refractivity contribution is 5.91. The van der Waals surface area contributed by atoms with E-state index in [0.29, 0.717) is 29.7 Å². The lowest BCUT2D eigenvalue weighted by molar-refractivity contribution is 0.0734. The maximum atomic E-state index is 12.5. The van der Waals surface area contributed by atoms with Gasteiger partial charge < -0.3 is 9.47 Å². The van der Waals surface area contributed by atoms with E-state index in [9.17, 15) is 4.79 Å². The van der Waals surface area contributed by atoms with E-state index in [-0.39, 0.29) is 0 Å². The summed E-state index contributed by atoms with van der Waals surface area (Å²) in [7, 11) is 0. The number of carbonyl (C=O) groups is 1. The lowest BCUT2D eigenvalue weighted by Crippen LogP contribution is -2.14. The molecule has 1 fully saturated rings. The van der Waals surface area contributed by atoms with Crippen molar-refractivity contribution in [1.82, 2.24) is 9.97 Å². The number of hydrogen-bond donors (Lipinski definition) is 0. The van der Waals surface area contributed by atoms with Crippen molar-refractivity contribution in [1.29, 1.82) is 0 Å². The van der Waals surface area contributed by atoms with E-state index in [4.69, 9.17) is 9.47 Å². The van der Waals surface area contributed by atoms with E-state index >= 15 is 0 Å². The van der Waals surface area contributed by atoms with Gasteiger partial charge in [-0.05, 0) is 98.5 Å². The molecule has 3 aromatic rings. The quantitative estimate of drug-likeness (QED) is 0.130. The van der Waals surface area contributed by atoms with Gasteiger partial charge in [-0.3, -0.25) is 0 Å². The topological polar surface area (TPSA) is 61.3 Å². The molecule has 38 heavy (non-hydrogen) atoms. The first-order chi connectivity index (χ1) is 18.7. The molecule has 1 heterocycles. The fraction of sp³-hybridized carbons (Fsp3) is 0.485. The van der Waals surface area contributed by atoms with Crippen molar-refractivity contribution >= 4 is 5.97 Å². The van der Waals surface area contributed by atoms with Crippen molar-refractivity contribution in [2.24, 2.45) is 5.92 Å². The molecule has 1 aromatic heterocycles. The number of ether oxygens (including phenoxy) is 2. The van der Waals surface area contributed by atoms with Crippen LogP contribution in [0.4, 0.5) is 0 Å². The molecular weight excluding hydrogens is 472 g/mol. The Labute approximate surface area is 228 Å². The highest BCUT2D eigenvalue weighted by atomic mass is 16.5. The van der Waals surface area contributed by atoms with Crippen LogP contribution in [0.25, 0.3) is 11.4 Å². The molecule has 0 saturated heterocycles. The molecule has 1 aliphatic rings. The Kier molecular flexibility index (Phi) is 10.7. The molecule has 5 nitrogen and oxygen atoms in total. The fourth-order valence-electron chi connectivity index (χ4n) is 5.39. The van der Waals surface area contributed by atoms with Gasteiger partial charge in [0.15, 0.2) is 5.82 Å². The standard InChI is InChI=1S/C33H42N2O3/c1-3-5-6-7-8-9-10-25-11-13-26(14-12-25)29-23-34-32(35-24-29)27-15-21-31(22-16-27)38-33(36)28-17-19-30(20-18-28)37-4-2/h15-26H,3-14H2,1-2H3/t25-,26-. The van der Waals surface area contributed by atoms with Gasteiger partial charge in [0.1, 0.15) is 11.5 Å². The average molecular weight is 515 g/mol. The minimum absolute atomic E-state index is 0.400. The number of nitrogens with zero attached hydrogens (tertiary/aromatic N) is 2. The van der Waals surface area contributed by atoms with Crippen LogP contribution in [0.3, 0.4) is 0 Å². The molecular formula is C33H42N2O3. The van der Waals surface area contributed by atoms with Gasteiger partial charge in [-0.15, -0.1) is 0 Å². The molecule has 1 saturated carbocycles. The van der Waals surface area contributed by atoms with Crippen molar-refractivity contribution < 1.29 is 14.3 Å². The van der Waals surface area contributed by atoms with Crippen LogP contribution in [-0.2, 0) is 0 Å². The van der Waals surface area contributed by atoms with Gasteiger partial charge in [0.25, 0.3) is 0 Å². The number of aromatic nitrogens is 2. The third-order valence-electron chi connectivity index (χ3n) is 7.68. The van der Waals surface area contributed by atoms with Crippen molar-refractivity contribution in [3.63, 3.8) is 0 Å². The van der Waals surface area contributed by atoms with Gasteiger partial charge in [0.05, 0.1) is 12.2 Å². The molecule has 4 rings (SSSR count). The highest BCUT2D eigenvalue weighted by Gasteiger charge is 2.22. The average Bonchev–Trinajstić information content (AvgIpc) is 2.96. The van der Waals surface area contributed by atoms with E-state index < -0.39 is 5.97 Å². The normalized spacial score (nSPS) is 17.2. The summed E-state index contributed by atoms with van der Waals surface area (Å²) in [6, 6.07) is 14.3. The number of benzene rings is 2. The second-order valence-electron chi connectivity index (χ2n) is 10.5. The zero-order chi connectivity index (χ0) is 26.6. The summed E-state index contributed by atoms with van der Waals surface area (Å²) in [6.45, 7) is 4.79.